The molecule has 1 atom stereocenters. The molecule has 0 saturated carbocycles. The third-order valence-electron chi connectivity index (χ3n) is 2.73. The van der Waals surface area contributed by atoms with Gasteiger partial charge in [-0.2, -0.15) is 0 Å². The van der Waals surface area contributed by atoms with Crippen LogP contribution in [0.2, 0.25) is 0 Å². The van der Waals surface area contributed by atoms with E-state index in [1.807, 2.05) is 27.7 Å². The molecule has 1 amide bonds. The number of hydrogen-bond acceptors (Lipinski definition) is 5. The van der Waals surface area contributed by atoms with Crippen LogP contribution in [0.3, 0.4) is 0 Å². The first-order valence-electron chi connectivity index (χ1n) is 6.87. The maximum absolute atomic E-state index is 11.7. The number of carbonyl (C=O) groups excluding carboxylic acids is 3. The summed E-state index contributed by atoms with van der Waals surface area (Å²) in [5, 5.41) is 2.59. The molecule has 1 unspecified atom stereocenters. The van der Waals surface area contributed by atoms with Gasteiger partial charge < -0.3 is 10.1 Å². The molecule has 0 heterocycles. The minimum Gasteiger partial charge on any atom is -0.466 e. The van der Waals surface area contributed by atoms with Gasteiger partial charge in [-0.25, -0.2) is 0 Å². The molecule has 0 bridgehead atoms. The van der Waals surface area contributed by atoms with Crippen LogP contribution < -0.4 is 5.32 Å². The van der Waals surface area contributed by atoms with E-state index in [9.17, 15) is 14.4 Å². The molecule has 0 aromatic heterocycles. The van der Waals surface area contributed by atoms with Crippen molar-refractivity contribution in [2.45, 2.75) is 52.2 Å². The zero-order valence-corrected chi connectivity index (χ0v) is 13.8. The number of esters is 1. The number of ether oxygens (including phenoxy) is 1. The van der Waals surface area contributed by atoms with Gasteiger partial charge in [0.1, 0.15) is 6.42 Å². The molecule has 0 aromatic rings. The van der Waals surface area contributed by atoms with Gasteiger partial charge in [0, 0.05) is 17.2 Å². The van der Waals surface area contributed by atoms with Crippen LogP contribution in [0.1, 0.15) is 47.5 Å². The molecule has 0 aliphatic heterocycles. The highest BCUT2D eigenvalue weighted by molar-refractivity contribution is 8.14. The first-order chi connectivity index (χ1) is 9.21. The topological polar surface area (TPSA) is 72.5 Å². The van der Waals surface area contributed by atoms with Gasteiger partial charge in [-0.05, 0) is 27.2 Å². The van der Waals surface area contributed by atoms with E-state index in [1.54, 1.807) is 6.92 Å². The Morgan fingerprint density at radius 2 is 1.85 bits per heavy atom. The van der Waals surface area contributed by atoms with Crippen molar-refractivity contribution in [1.82, 2.24) is 5.32 Å². The lowest BCUT2D eigenvalue weighted by Crippen LogP contribution is -2.39. The number of thioether (sulfide) groups is 1. The van der Waals surface area contributed by atoms with Crippen molar-refractivity contribution in [3.63, 3.8) is 0 Å². The highest BCUT2D eigenvalue weighted by Gasteiger charge is 2.25. The fourth-order valence-corrected chi connectivity index (χ4v) is 2.32. The number of rotatable bonds is 8. The largest absolute Gasteiger partial charge is 0.466 e. The molecule has 5 nitrogen and oxygen atoms in total. The van der Waals surface area contributed by atoms with Gasteiger partial charge in [0.25, 0.3) is 0 Å². The number of hydrogen-bond donors (Lipinski definition) is 1. The predicted octanol–water partition coefficient (Wildman–Crippen LogP) is 2.14. The summed E-state index contributed by atoms with van der Waals surface area (Å²) in [7, 11) is 0. The van der Waals surface area contributed by atoms with Gasteiger partial charge in [-0.1, -0.05) is 25.6 Å². The molecule has 0 aromatic carbocycles. The van der Waals surface area contributed by atoms with Gasteiger partial charge in [0.15, 0.2) is 0 Å². The maximum atomic E-state index is 11.7. The quantitative estimate of drug-likeness (QED) is 0.549. The van der Waals surface area contributed by atoms with Crippen LogP contribution in [0.4, 0.5) is 0 Å². The Balaban J connectivity index is 4.21. The van der Waals surface area contributed by atoms with Gasteiger partial charge in [-0.15, -0.1) is 0 Å². The highest BCUT2D eigenvalue weighted by atomic mass is 32.2. The molecular formula is C14H25NO4S. The van der Waals surface area contributed by atoms with E-state index in [0.717, 1.165) is 18.2 Å². The average molecular weight is 303 g/mol. The zero-order valence-electron chi connectivity index (χ0n) is 12.9. The Morgan fingerprint density at radius 1 is 1.25 bits per heavy atom. The zero-order chi connectivity index (χ0) is 15.8. The second kappa shape index (κ2) is 9.00. The average Bonchev–Trinajstić information content (AvgIpc) is 2.34. The summed E-state index contributed by atoms with van der Waals surface area (Å²) < 4.78 is 4.28. The smallest absolute Gasteiger partial charge is 0.314 e. The van der Waals surface area contributed by atoms with Crippen LogP contribution in [0.5, 0.6) is 0 Å². The number of carbonyl (C=O) groups is 3. The minimum absolute atomic E-state index is 0.0148. The molecule has 6 heteroatoms. The van der Waals surface area contributed by atoms with Crippen molar-refractivity contribution in [3.8, 4) is 0 Å². The van der Waals surface area contributed by atoms with E-state index in [1.165, 1.54) is 0 Å². The molecule has 0 spiro atoms. The molecule has 116 valence electrons. The Hall–Kier alpha value is -1.04. The van der Waals surface area contributed by atoms with E-state index < -0.39 is 10.7 Å². The summed E-state index contributed by atoms with van der Waals surface area (Å²) in [5.74, 6) is -0.561. The lowest BCUT2D eigenvalue weighted by molar-refractivity contribution is -0.144. The van der Waals surface area contributed by atoms with Crippen molar-refractivity contribution >= 4 is 28.8 Å². The molecule has 0 fully saturated rings. The van der Waals surface area contributed by atoms with E-state index in [0.29, 0.717) is 6.54 Å². The van der Waals surface area contributed by atoms with Crippen molar-refractivity contribution in [1.29, 1.82) is 0 Å². The Morgan fingerprint density at radius 3 is 2.35 bits per heavy atom. The van der Waals surface area contributed by atoms with Crippen molar-refractivity contribution in [2.75, 3.05) is 13.2 Å². The number of nitrogens with one attached hydrogen (secondary N) is 1. The van der Waals surface area contributed by atoms with Crippen LogP contribution in [0, 0.1) is 5.92 Å². The van der Waals surface area contributed by atoms with E-state index >= 15 is 0 Å². The molecule has 0 rings (SSSR count). The van der Waals surface area contributed by atoms with Crippen LogP contribution in [0.15, 0.2) is 0 Å². The monoisotopic (exact) mass is 303 g/mol. The van der Waals surface area contributed by atoms with Crippen LogP contribution in [0.25, 0.3) is 0 Å². The van der Waals surface area contributed by atoms with E-state index in [2.05, 4.69) is 5.32 Å². The fraction of sp³-hybridized carbons (Fsp3) is 0.786. The standard InChI is InChI=1S/C14H25NO4S/c1-6-10(3)13(18)15-9-14(4,5)20-12(17)8-11(16)19-7-2/h10H,6-9H2,1-5H3,(H,15,18). The normalized spacial score (nSPS) is 12.7. The summed E-state index contributed by atoms with van der Waals surface area (Å²) >= 11 is 1.06. The van der Waals surface area contributed by atoms with E-state index in [4.69, 9.17) is 4.74 Å². The molecule has 0 aliphatic rings. The summed E-state index contributed by atoms with van der Waals surface area (Å²) in [6.07, 6.45) is 0.544. The van der Waals surface area contributed by atoms with Crippen molar-refractivity contribution < 1.29 is 19.1 Å². The second-order valence-corrected chi connectivity index (χ2v) is 7.01. The molecule has 0 saturated heterocycles. The Kier molecular flexibility index (Phi) is 8.53. The molecule has 0 aliphatic carbocycles. The summed E-state index contributed by atoms with van der Waals surface area (Å²) in [6.45, 7) is 9.88. The Bertz CT molecular complexity index is 355. The van der Waals surface area contributed by atoms with Crippen LogP contribution in [-0.2, 0) is 19.1 Å². The van der Waals surface area contributed by atoms with E-state index in [-0.39, 0.29) is 30.0 Å². The second-order valence-electron chi connectivity index (χ2n) is 5.24. The molecule has 20 heavy (non-hydrogen) atoms. The third kappa shape index (κ3) is 8.19. The lowest BCUT2D eigenvalue weighted by Gasteiger charge is -2.24. The maximum Gasteiger partial charge on any atom is 0.314 e. The molecular weight excluding hydrogens is 278 g/mol. The lowest BCUT2D eigenvalue weighted by atomic mass is 10.1. The van der Waals surface area contributed by atoms with Gasteiger partial charge in [0.05, 0.1) is 6.61 Å². The van der Waals surface area contributed by atoms with Crippen LogP contribution in [-0.4, -0.2) is 34.9 Å². The predicted molar refractivity (Wildman–Crippen MR) is 80.4 cm³/mol. The summed E-state index contributed by atoms with van der Waals surface area (Å²) in [4.78, 5) is 34.6. The van der Waals surface area contributed by atoms with Gasteiger partial charge in [0.2, 0.25) is 11.0 Å². The highest BCUT2D eigenvalue weighted by Crippen LogP contribution is 2.25. The van der Waals surface area contributed by atoms with Crippen molar-refractivity contribution in [2.24, 2.45) is 5.92 Å². The fourth-order valence-electron chi connectivity index (χ4n) is 1.37. The first-order valence-corrected chi connectivity index (χ1v) is 7.68. The number of amides is 1. The third-order valence-corrected chi connectivity index (χ3v) is 3.80. The molecule has 0 radical (unpaired) electrons. The Labute approximate surface area is 125 Å². The van der Waals surface area contributed by atoms with Gasteiger partial charge in [-0.3, -0.25) is 14.4 Å². The van der Waals surface area contributed by atoms with Gasteiger partial charge >= 0.3 is 5.97 Å². The van der Waals surface area contributed by atoms with Crippen LogP contribution >= 0.6 is 11.8 Å². The summed E-state index contributed by atoms with van der Waals surface area (Å²) in [5.41, 5.74) is 0. The summed E-state index contributed by atoms with van der Waals surface area (Å²) in [6, 6.07) is 0. The minimum atomic E-state index is -0.510. The van der Waals surface area contributed by atoms with Crippen molar-refractivity contribution in [3.05, 3.63) is 0 Å². The SMILES string of the molecule is CCOC(=O)CC(=O)SC(C)(C)CNC(=O)C(C)CC. The first kappa shape index (κ1) is 19.0. The molecule has 1 N–H and O–H groups in total.